The number of hydrogen-bond acceptors (Lipinski definition) is 3. The number of rotatable bonds is 8. The lowest BCUT2D eigenvalue weighted by molar-refractivity contribution is 0.0695. The van der Waals surface area contributed by atoms with Crippen molar-refractivity contribution in [3.05, 3.63) is 35.4 Å². The summed E-state index contributed by atoms with van der Waals surface area (Å²) < 4.78 is 0. The van der Waals surface area contributed by atoms with Crippen LogP contribution in [0.4, 0.5) is 4.79 Å². The molecule has 0 aliphatic carbocycles. The Kier molecular flexibility index (Phi) is 7.25. The summed E-state index contributed by atoms with van der Waals surface area (Å²) in [6, 6.07) is 6.59. The number of urea groups is 1. The smallest absolute Gasteiger partial charge is 0.335 e. The molecule has 0 aliphatic heterocycles. The Morgan fingerprint density at radius 1 is 1.19 bits per heavy atom. The van der Waals surface area contributed by atoms with E-state index in [0.717, 1.165) is 18.7 Å². The Morgan fingerprint density at radius 2 is 1.86 bits per heavy atom. The number of nitrogens with one attached hydrogen (secondary N) is 2. The van der Waals surface area contributed by atoms with Crippen molar-refractivity contribution in [1.82, 2.24) is 15.5 Å². The normalized spacial score (nSPS) is 10.4. The van der Waals surface area contributed by atoms with E-state index >= 15 is 0 Å². The molecule has 0 atom stereocenters. The van der Waals surface area contributed by atoms with E-state index in [1.165, 1.54) is 0 Å². The maximum Gasteiger partial charge on any atom is 0.335 e. The van der Waals surface area contributed by atoms with Gasteiger partial charge in [0.2, 0.25) is 0 Å². The molecule has 6 heteroatoms. The highest BCUT2D eigenvalue weighted by molar-refractivity contribution is 5.89. The number of carboxylic acid groups (broad SMARTS) is 1. The molecule has 21 heavy (non-hydrogen) atoms. The third-order valence-electron chi connectivity index (χ3n) is 3.25. The molecule has 6 nitrogen and oxygen atoms in total. The standard InChI is InChI=1S/C15H23N3O3/c1-3-18(2)11-10-17-15(21)16-9-8-12-6-4-5-7-13(12)14(19)20/h4-7H,3,8-11H2,1-2H3,(H,19,20)(H2,16,17,21). The summed E-state index contributed by atoms with van der Waals surface area (Å²) in [5.41, 5.74) is 1.00. The van der Waals surface area contributed by atoms with E-state index in [2.05, 4.69) is 22.5 Å². The first-order valence-electron chi connectivity index (χ1n) is 7.06. The number of likely N-dealkylation sites (N-methyl/N-ethyl adjacent to an activating group) is 1. The number of carbonyl (C=O) groups is 2. The van der Waals surface area contributed by atoms with Crippen molar-refractivity contribution in [1.29, 1.82) is 0 Å². The molecule has 1 aromatic carbocycles. The van der Waals surface area contributed by atoms with Crippen LogP contribution < -0.4 is 10.6 Å². The topological polar surface area (TPSA) is 81.7 Å². The van der Waals surface area contributed by atoms with Gasteiger partial charge >= 0.3 is 12.0 Å². The summed E-state index contributed by atoms with van der Waals surface area (Å²) in [6.07, 6.45) is 0.491. The number of aromatic carboxylic acids is 1. The van der Waals surface area contributed by atoms with E-state index < -0.39 is 5.97 Å². The first kappa shape index (κ1) is 17.0. The largest absolute Gasteiger partial charge is 0.478 e. The first-order valence-corrected chi connectivity index (χ1v) is 7.06. The number of amides is 2. The van der Waals surface area contributed by atoms with Crippen molar-refractivity contribution in [2.45, 2.75) is 13.3 Å². The van der Waals surface area contributed by atoms with Crippen LogP contribution in [-0.2, 0) is 6.42 Å². The third-order valence-corrected chi connectivity index (χ3v) is 3.25. The molecule has 0 heterocycles. The molecule has 0 aliphatic rings. The monoisotopic (exact) mass is 293 g/mol. The number of hydrogen-bond donors (Lipinski definition) is 3. The minimum absolute atomic E-state index is 0.229. The van der Waals surface area contributed by atoms with Gasteiger partial charge in [0, 0.05) is 19.6 Å². The highest BCUT2D eigenvalue weighted by atomic mass is 16.4. The van der Waals surface area contributed by atoms with Crippen molar-refractivity contribution in [2.75, 3.05) is 33.2 Å². The molecule has 1 aromatic rings. The molecule has 0 saturated carbocycles. The Bertz CT molecular complexity index is 477. The molecule has 0 spiro atoms. The predicted octanol–water partition coefficient (Wildman–Crippen LogP) is 1.18. The summed E-state index contributed by atoms with van der Waals surface area (Å²) >= 11 is 0. The van der Waals surface area contributed by atoms with Gasteiger partial charge in [-0.15, -0.1) is 0 Å². The lowest BCUT2D eigenvalue weighted by Crippen LogP contribution is -2.40. The van der Waals surface area contributed by atoms with Crippen molar-refractivity contribution >= 4 is 12.0 Å². The van der Waals surface area contributed by atoms with E-state index in [1.807, 2.05) is 7.05 Å². The van der Waals surface area contributed by atoms with Gasteiger partial charge in [-0.05, 0) is 31.6 Å². The fourth-order valence-electron chi connectivity index (χ4n) is 1.84. The second kappa shape index (κ2) is 8.97. The SMILES string of the molecule is CCN(C)CCNC(=O)NCCc1ccccc1C(=O)O. The fourth-order valence-corrected chi connectivity index (χ4v) is 1.84. The molecule has 0 radical (unpaired) electrons. The van der Waals surface area contributed by atoms with Crippen LogP contribution in [0.25, 0.3) is 0 Å². The van der Waals surface area contributed by atoms with E-state index in [1.54, 1.807) is 24.3 Å². The zero-order valence-corrected chi connectivity index (χ0v) is 12.6. The summed E-state index contributed by atoms with van der Waals surface area (Å²) in [7, 11) is 1.99. The molecule has 116 valence electrons. The number of benzene rings is 1. The highest BCUT2D eigenvalue weighted by Gasteiger charge is 2.08. The molecule has 0 saturated heterocycles. The van der Waals surface area contributed by atoms with Crippen LogP contribution in [0.1, 0.15) is 22.8 Å². The van der Waals surface area contributed by atoms with Gasteiger partial charge in [0.1, 0.15) is 0 Å². The van der Waals surface area contributed by atoms with Gasteiger partial charge in [0.15, 0.2) is 0 Å². The Morgan fingerprint density at radius 3 is 2.52 bits per heavy atom. The van der Waals surface area contributed by atoms with Gasteiger partial charge in [0.05, 0.1) is 5.56 Å². The van der Waals surface area contributed by atoms with E-state index in [-0.39, 0.29) is 11.6 Å². The Balaban J connectivity index is 2.30. The Labute approximate surface area is 125 Å². The lowest BCUT2D eigenvalue weighted by atomic mass is 10.0. The van der Waals surface area contributed by atoms with Gasteiger partial charge in [-0.3, -0.25) is 0 Å². The van der Waals surface area contributed by atoms with Crippen LogP contribution in [0.5, 0.6) is 0 Å². The highest BCUT2D eigenvalue weighted by Crippen LogP contribution is 2.08. The average molecular weight is 293 g/mol. The number of carbonyl (C=O) groups excluding carboxylic acids is 1. The number of nitrogens with zero attached hydrogens (tertiary/aromatic N) is 1. The molecule has 0 unspecified atom stereocenters. The van der Waals surface area contributed by atoms with Gasteiger partial charge in [-0.2, -0.15) is 0 Å². The first-order chi connectivity index (χ1) is 10.0. The fraction of sp³-hybridized carbons (Fsp3) is 0.467. The minimum Gasteiger partial charge on any atom is -0.478 e. The van der Waals surface area contributed by atoms with Crippen LogP contribution in [0.3, 0.4) is 0 Å². The van der Waals surface area contributed by atoms with Gasteiger partial charge in [0.25, 0.3) is 0 Å². The third kappa shape index (κ3) is 6.27. The second-order valence-electron chi connectivity index (χ2n) is 4.79. The Hall–Kier alpha value is -2.08. The second-order valence-corrected chi connectivity index (χ2v) is 4.79. The van der Waals surface area contributed by atoms with E-state index in [4.69, 9.17) is 5.11 Å². The maximum absolute atomic E-state index is 11.6. The zero-order valence-electron chi connectivity index (χ0n) is 12.6. The summed E-state index contributed by atoms with van der Waals surface area (Å²) in [4.78, 5) is 24.7. The van der Waals surface area contributed by atoms with Crippen LogP contribution in [0.15, 0.2) is 24.3 Å². The molecule has 3 N–H and O–H groups in total. The van der Waals surface area contributed by atoms with Gasteiger partial charge in [-0.1, -0.05) is 25.1 Å². The summed E-state index contributed by atoms with van der Waals surface area (Å²) in [6.45, 7) is 4.78. The van der Waals surface area contributed by atoms with Gasteiger partial charge < -0.3 is 20.6 Å². The quantitative estimate of drug-likeness (QED) is 0.672. The van der Waals surface area contributed by atoms with Crippen LogP contribution in [-0.4, -0.2) is 55.2 Å². The average Bonchev–Trinajstić information content (AvgIpc) is 2.47. The van der Waals surface area contributed by atoms with E-state index in [0.29, 0.717) is 19.5 Å². The molecule has 0 aromatic heterocycles. The predicted molar refractivity (Wildman–Crippen MR) is 81.7 cm³/mol. The van der Waals surface area contributed by atoms with Crippen LogP contribution >= 0.6 is 0 Å². The number of carboxylic acids is 1. The minimum atomic E-state index is -0.947. The zero-order chi connectivity index (χ0) is 15.7. The molecule has 2 amide bonds. The van der Waals surface area contributed by atoms with Crippen molar-refractivity contribution in [2.24, 2.45) is 0 Å². The lowest BCUT2D eigenvalue weighted by Gasteiger charge is -2.14. The maximum atomic E-state index is 11.6. The van der Waals surface area contributed by atoms with E-state index in [9.17, 15) is 9.59 Å². The molecule has 0 fully saturated rings. The van der Waals surface area contributed by atoms with Crippen LogP contribution in [0.2, 0.25) is 0 Å². The van der Waals surface area contributed by atoms with Crippen molar-refractivity contribution < 1.29 is 14.7 Å². The molecular formula is C15H23N3O3. The molecule has 1 rings (SSSR count). The summed E-state index contributed by atoms with van der Waals surface area (Å²) in [5, 5.41) is 14.6. The van der Waals surface area contributed by atoms with Crippen molar-refractivity contribution in [3.8, 4) is 0 Å². The molecular weight excluding hydrogens is 270 g/mol. The van der Waals surface area contributed by atoms with Gasteiger partial charge in [-0.25, -0.2) is 9.59 Å². The molecule has 0 bridgehead atoms. The van der Waals surface area contributed by atoms with Crippen LogP contribution in [0, 0.1) is 0 Å². The summed E-state index contributed by atoms with van der Waals surface area (Å²) in [5.74, 6) is -0.947. The van der Waals surface area contributed by atoms with Crippen molar-refractivity contribution in [3.63, 3.8) is 0 Å².